The van der Waals surface area contributed by atoms with Crippen LogP contribution in [0.4, 0.5) is 0 Å². The highest BCUT2D eigenvalue weighted by Crippen LogP contribution is 2.12. The van der Waals surface area contributed by atoms with Crippen LogP contribution in [-0.4, -0.2) is 22.8 Å². The molecule has 0 radical (unpaired) electrons. The van der Waals surface area contributed by atoms with Crippen molar-refractivity contribution in [3.8, 4) is 0 Å². The van der Waals surface area contributed by atoms with Crippen LogP contribution in [0.5, 0.6) is 0 Å². The molecule has 2 N–H and O–H groups in total. The molecule has 0 fully saturated rings. The van der Waals surface area contributed by atoms with Crippen molar-refractivity contribution >= 4 is 5.97 Å². The summed E-state index contributed by atoms with van der Waals surface area (Å²) < 4.78 is 0. The lowest BCUT2D eigenvalue weighted by Gasteiger charge is -2.02. The molecule has 0 amide bonds. The standard InChI is InChI=1S/C24H46O3/c25-23-21-19-17-15-13-11-9-7-5-3-1-2-4-6-8-10-12-14-16-18-20-22-24(26)27/h4,6,25H,1-3,5,7-23H2,(H,26,27)/b6-4-. The number of carboxylic acid groups (broad SMARTS) is 1. The van der Waals surface area contributed by atoms with Crippen LogP contribution in [0, 0.1) is 0 Å². The van der Waals surface area contributed by atoms with Gasteiger partial charge in [-0.25, -0.2) is 0 Å². The average molecular weight is 383 g/mol. The van der Waals surface area contributed by atoms with Crippen LogP contribution in [0.2, 0.25) is 0 Å². The Balaban J connectivity index is 3.07. The maximum absolute atomic E-state index is 10.4. The molecule has 0 aromatic heterocycles. The van der Waals surface area contributed by atoms with Gasteiger partial charge in [-0.05, 0) is 38.5 Å². The summed E-state index contributed by atoms with van der Waals surface area (Å²) in [5.74, 6) is -0.665. The van der Waals surface area contributed by atoms with Crippen molar-refractivity contribution in [2.75, 3.05) is 6.61 Å². The van der Waals surface area contributed by atoms with Gasteiger partial charge in [-0.15, -0.1) is 0 Å². The number of rotatable bonds is 22. The Morgan fingerprint density at radius 1 is 0.519 bits per heavy atom. The smallest absolute Gasteiger partial charge is 0.303 e. The predicted molar refractivity (Wildman–Crippen MR) is 116 cm³/mol. The number of aliphatic hydroxyl groups excluding tert-OH is 1. The van der Waals surface area contributed by atoms with Crippen LogP contribution in [0.1, 0.15) is 128 Å². The van der Waals surface area contributed by atoms with Crippen LogP contribution < -0.4 is 0 Å². The highest BCUT2D eigenvalue weighted by atomic mass is 16.4. The van der Waals surface area contributed by atoms with Crippen molar-refractivity contribution in [1.82, 2.24) is 0 Å². The number of hydrogen-bond acceptors (Lipinski definition) is 2. The van der Waals surface area contributed by atoms with Gasteiger partial charge < -0.3 is 10.2 Å². The number of allylic oxidation sites excluding steroid dienone is 2. The molecule has 0 atom stereocenters. The minimum atomic E-state index is -0.665. The number of aliphatic carboxylic acids is 1. The van der Waals surface area contributed by atoms with Crippen molar-refractivity contribution in [3.05, 3.63) is 12.2 Å². The zero-order valence-electron chi connectivity index (χ0n) is 17.8. The summed E-state index contributed by atoms with van der Waals surface area (Å²) in [7, 11) is 0. The van der Waals surface area contributed by atoms with Gasteiger partial charge in [0.2, 0.25) is 0 Å². The molecule has 160 valence electrons. The van der Waals surface area contributed by atoms with Gasteiger partial charge in [0.25, 0.3) is 0 Å². The van der Waals surface area contributed by atoms with Gasteiger partial charge in [-0.3, -0.25) is 4.79 Å². The molecule has 0 aliphatic rings. The summed E-state index contributed by atoms with van der Waals surface area (Å²) in [5, 5.41) is 17.3. The van der Waals surface area contributed by atoms with E-state index in [1.807, 2.05) is 0 Å². The maximum Gasteiger partial charge on any atom is 0.303 e. The fourth-order valence-corrected chi connectivity index (χ4v) is 3.45. The Bertz CT molecular complexity index is 326. The fraction of sp³-hybridized carbons (Fsp3) is 0.875. The Morgan fingerprint density at radius 2 is 0.852 bits per heavy atom. The van der Waals surface area contributed by atoms with Crippen LogP contribution in [0.25, 0.3) is 0 Å². The third-order valence-electron chi connectivity index (χ3n) is 5.21. The molecular weight excluding hydrogens is 336 g/mol. The minimum absolute atomic E-state index is 0.328. The third-order valence-corrected chi connectivity index (χ3v) is 5.21. The quantitative estimate of drug-likeness (QED) is 0.151. The molecule has 0 aromatic rings. The van der Waals surface area contributed by atoms with Crippen molar-refractivity contribution in [2.24, 2.45) is 0 Å². The molecule has 0 rings (SSSR count). The lowest BCUT2D eigenvalue weighted by molar-refractivity contribution is -0.137. The Hall–Kier alpha value is -0.830. The van der Waals surface area contributed by atoms with E-state index in [1.54, 1.807) is 0 Å². The number of carboxylic acids is 1. The maximum atomic E-state index is 10.4. The van der Waals surface area contributed by atoms with Gasteiger partial charge in [0.15, 0.2) is 0 Å². The van der Waals surface area contributed by atoms with E-state index in [2.05, 4.69) is 12.2 Å². The number of aliphatic hydroxyl groups is 1. The first kappa shape index (κ1) is 26.2. The van der Waals surface area contributed by atoms with Crippen molar-refractivity contribution < 1.29 is 15.0 Å². The monoisotopic (exact) mass is 382 g/mol. The predicted octanol–water partition coefficient (Wildman–Crippen LogP) is 7.42. The normalized spacial score (nSPS) is 11.4. The fourth-order valence-electron chi connectivity index (χ4n) is 3.45. The first-order valence-corrected chi connectivity index (χ1v) is 11.7. The van der Waals surface area contributed by atoms with Gasteiger partial charge in [-0.2, -0.15) is 0 Å². The number of unbranched alkanes of at least 4 members (excludes halogenated alkanes) is 17. The number of hydrogen-bond donors (Lipinski definition) is 2. The van der Waals surface area contributed by atoms with E-state index < -0.39 is 5.97 Å². The summed E-state index contributed by atoms with van der Waals surface area (Å²) in [6, 6.07) is 0. The molecule has 0 heterocycles. The molecule has 0 spiro atoms. The topological polar surface area (TPSA) is 57.5 Å². The Morgan fingerprint density at radius 3 is 1.22 bits per heavy atom. The SMILES string of the molecule is O=C(O)CCCCCCCC/C=C\CCCCCCCCCCCCCO. The van der Waals surface area contributed by atoms with Gasteiger partial charge in [0.1, 0.15) is 0 Å². The van der Waals surface area contributed by atoms with Crippen LogP contribution in [0.3, 0.4) is 0 Å². The molecular formula is C24H46O3. The zero-order chi connectivity index (χ0) is 19.8. The Labute approximate surface area is 168 Å². The number of carbonyl (C=O) groups is 1. The highest BCUT2D eigenvalue weighted by molar-refractivity contribution is 5.66. The van der Waals surface area contributed by atoms with Crippen LogP contribution >= 0.6 is 0 Å². The molecule has 3 heteroatoms. The molecule has 0 aliphatic carbocycles. The van der Waals surface area contributed by atoms with Crippen molar-refractivity contribution in [3.63, 3.8) is 0 Å². The first-order chi connectivity index (χ1) is 13.3. The van der Waals surface area contributed by atoms with E-state index >= 15 is 0 Å². The first-order valence-electron chi connectivity index (χ1n) is 11.7. The van der Waals surface area contributed by atoms with E-state index in [9.17, 15) is 4.79 Å². The lowest BCUT2D eigenvalue weighted by Crippen LogP contribution is -1.93. The van der Waals surface area contributed by atoms with Gasteiger partial charge in [0, 0.05) is 13.0 Å². The molecule has 0 saturated heterocycles. The lowest BCUT2D eigenvalue weighted by atomic mass is 10.0. The van der Waals surface area contributed by atoms with Crippen molar-refractivity contribution in [2.45, 2.75) is 128 Å². The summed E-state index contributed by atoms with van der Waals surface area (Å²) >= 11 is 0. The zero-order valence-corrected chi connectivity index (χ0v) is 17.8. The summed E-state index contributed by atoms with van der Waals surface area (Å²) in [6.45, 7) is 0.354. The van der Waals surface area contributed by atoms with E-state index in [0.29, 0.717) is 13.0 Å². The molecule has 0 saturated carbocycles. The Kier molecular flexibility index (Phi) is 22.5. The molecule has 0 unspecified atom stereocenters. The van der Waals surface area contributed by atoms with Gasteiger partial charge >= 0.3 is 5.97 Å². The second kappa shape index (κ2) is 23.2. The van der Waals surface area contributed by atoms with Crippen LogP contribution in [0.15, 0.2) is 12.2 Å². The van der Waals surface area contributed by atoms with Gasteiger partial charge in [0.05, 0.1) is 0 Å². The molecule has 0 bridgehead atoms. The van der Waals surface area contributed by atoms with Gasteiger partial charge in [-0.1, -0.05) is 95.6 Å². The van der Waals surface area contributed by atoms with E-state index in [4.69, 9.17) is 10.2 Å². The van der Waals surface area contributed by atoms with E-state index in [0.717, 1.165) is 19.3 Å². The summed E-state index contributed by atoms with van der Waals surface area (Å²) in [4.78, 5) is 10.4. The van der Waals surface area contributed by atoms with E-state index in [-0.39, 0.29) is 0 Å². The third kappa shape index (κ3) is 25.2. The van der Waals surface area contributed by atoms with Crippen molar-refractivity contribution in [1.29, 1.82) is 0 Å². The summed E-state index contributed by atoms with van der Waals surface area (Å²) in [5.41, 5.74) is 0. The second-order valence-corrected chi connectivity index (χ2v) is 7.93. The second-order valence-electron chi connectivity index (χ2n) is 7.93. The summed E-state index contributed by atoms with van der Waals surface area (Å²) in [6.07, 6.45) is 28.8. The molecule has 0 aliphatic heterocycles. The minimum Gasteiger partial charge on any atom is -0.481 e. The molecule has 27 heavy (non-hydrogen) atoms. The largest absolute Gasteiger partial charge is 0.481 e. The molecule has 3 nitrogen and oxygen atoms in total. The average Bonchev–Trinajstić information content (AvgIpc) is 2.65. The van der Waals surface area contributed by atoms with Crippen LogP contribution in [-0.2, 0) is 4.79 Å². The molecule has 0 aromatic carbocycles. The van der Waals surface area contributed by atoms with E-state index in [1.165, 1.54) is 103 Å². The highest BCUT2D eigenvalue weighted by Gasteiger charge is 1.96.